The second-order valence-corrected chi connectivity index (χ2v) is 9.55. The largest absolute Gasteiger partial charge is 0.497 e. The van der Waals surface area contributed by atoms with Crippen LogP contribution in [0.3, 0.4) is 0 Å². The number of benzene rings is 2. The van der Waals surface area contributed by atoms with Crippen LogP contribution in [0.25, 0.3) is 0 Å². The highest BCUT2D eigenvalue weighted by atomic mass is 16.5. The van der Waals surface area contributed by atoms with Crippen LogP contribution in [0.2, 0.25) is 0 Å². The van der Waals surface area contributed by atoms with Crippen LogP contribution in [0.1, 0.15) is 36.0 Å². The van der Waals surface area contributed by atoms with Gasteiger partial charge in [-0.15, -0.1) is 0 Å². The summed E-state index contributed by atoms with van der Waals surface area (Å²) in [6.45, 7) is 7.24. The molecule has 2 saturated heterocycles. The minimum atomic E-state index is 0.510. The first-order valence-corrected chi connectivity index (χ1v) is 13.1. The lowest BCUT2D eigenvalue weighted by Gasteiger charge is -2.26. The number of methoxy groups -OCH3 is 1. The number of nitrogens with zero attached hydrogens (tertiary/aromatic N) is 5. The van der Waals surface area contributed by atoms with E-state index in [4.69, 9.17) is 4.74 Å². The number of aromatic nitrogens is 3. The molecule has 3 heterocycles. The van der Waals surface area contributed by atoms with Crippen LogP contribution in [0.4, 0.5) is 17.8 Å². The van der Waals surface area contributed by atoms with E-state index >= 15 is 0 Å². The molecule has 3 aromatic rings. The minimum Gasteiger partial charge on any atom is -0.497 e. The van der Waals surface area contributed by atoms with Gasteiger partial charge in [0, 0.05) is 32.7 Å². The highest BCUT2D eigenvalue weighted by Gasteiger charge is 2.14. The van der Waals surface area contributed by atoms with Crippen molar-refractivity contribution in [1.82, 2.24) is 30.2 Å². The number of nitrogens with one attached hydrogen (secondary N) is 4. The van der Waals surface area contributed by atoms with Crippen LogP contribution in [0, 0.1) is 0 Å². The van der Waals surface area contributed by atoms with Crippen molar-refractivity contribution in [1.29, 1.82) is 0 Å². The monoisotopic (exact) mass is 503 g/mol. The molecule has 0 aliphatic carbocycles. The zero-order valence-electron chi connectivity index (χ0n) is 21.5. The first kappa shape index (κ1) is 25.2. The van der Waals surface area contributed by atoms with Crippen LogP contribution in [0.15, 0.2) is 48.5 Å². The first-order valence-electron chi connectivity index (χ1n) is 13.1. The lowest BCUT2D eigenvalue weighted by atomic mass is 10.1. The molecule has 5 rings (SSSR count). The standard InChI is InChI=1S/C27H37N9O/c1-37-24-11-9-22(10-12-24)18-30-26-31-25(32-27(33-26)34-36-16-13-28-20-36)29-17-21-5-7-23(8-6-21)19-35-14-3-2-4-15-35/h5-12,28H,2-4,13-20H2,1H3,(H3,29,30,31,32,33,34). The van der Waals surface area contributed by atoms with E-state index in [9.17, 15) is 0 Å². The number of anilines is 3. The van der Waals surface area contributed by atoms with Gasteiger partial charge in [-0.2, -0.15) is 15.0 Å². The van der Waals surface area contributed by atoms with Gasteiger partial charge in [-0.05, 0) is 54.8 Å². The summed E-state index contributed by atoms with van der Waals surface area (Å²) in [6.07, 6.45) is 4.00. The molecule has 0 spiro atoms. The van der Waals surface area contributed by atoms with Gasteiger partial charge in [-0.25, -0.2) is 5.01 Å². The summed E-state index contributed by atoms with van der Waals surface area (Å²) in [5.41, 5.74) is 6.95. The maximum absolute atomic E-state index is 5.25. The fourth-order valence-electron chi connectivity index (χ4n) is 4.57. The van der Waals surface area contributed by atoms with Gasteiger partial charge < -0.3 is 20.7 Å². The van der Waals surface area contributed by atoms with Crippen molar-refractivity contribution >= 4 is 17.8 Å². The van der Waals surface area contributed by atoms with E-state index < -0.39 is 0 Å². The summed E-state index contributed by atoms with van der Waals surface area (Å²) in [5, 5.41) is 12.1. The molecule has 4 N–H and O–H groups in total. The van der Waals surface area contributed by atoms with E-state index in [1.54, 1.807) is 7.11 Å². The lowest BCUT2D eigenvalue weighted by Crippen LogP contribution is -2.30. The fourth-order valence-corrected chi connectivity index (χ4v) is 4.57. The molecule has 2 aliphatic rings. The summed E-state index contributed by atoms with van der Waals surface area (Å²) in [4.78, 5) is 16.4. The maximum atomic E-state index is 5.25. The Kier molecular flexibility index (Phi) is 8.62. The maximum Gasteiger partial charge on any atom is 0.244 e. The van der Waals surface area contributed by atoms with Crippen molar-refractivity contribution in [3.8, 4) is 5.75 Å². The van der Waals surface area contributed by atoms with Gasteiger partial charge in [0.2, 0.25) is 17.8 Å². The van der Waals surface area contributed by atoms with E-state index in [1.165, 1.54) is 43.5 Å². The lowest BCUT2D eigenvalue weighted by molar-refractivity contribution is 0.221. The van der Waals surface area contributed by atoms with E-state index in [2.05, 4.69) is 65.5 Å². The van der Waals surface area contributed by atoms with Crippen molar-refractivity contribution in [3.63, 3.8) is 0 Å². The van der Waals surface area contributed by atoms with Crippen LogP contribution in [-0.4, -0.2) is 64.8 Å². The third kappa shape index (κ3) is 7.51. The number of hydrogen-bond acceptors (Lipinski definition) is 10. The molecule has 0 atom stereocenters. The van der Waals surface area contributed by atoms with Gasteiger partial charge in [0.25, 0.3) is 0 Å². The van der Waals surface area contributed by atoms with E-state index in [-0.39, 0.29) is 0 Å². The second-order valence-electron chi connectivity index (χ2n) is 9.55. The topological polar surface area (TPSA) is 102 Å². The van der Waals surface area contributed by atoms with Gasteiger partial charge in [0.15, 0.2) is 0 Å². The molecule has 2 aliphatic heterocycles. The molecule has 0 radical (unpaired) electrons. The quantitative estimate of drug-likeness (QED) is 0.312. The molecule has 2 fully saturated rings. The smallest absolute Gasteiger partial charge is 0.244 e. The van der Waals surface area contributed by atoms with E-state index in [1.807, 2.05) is 29.3 Å². The van der Waals surface area contributed by atoms with Crippen molar-refractivity contribution in [2.24, 2.45) is 0 Å². The normalized spacial score (nSPS) is 16.5. The van der Waals surface area contributed by atoms with Gasteiger partial charge in [-0.1, -0.05) is 42.8 Å². The molecule has 37 heavy (non-hydrogen) atoms. The summed E-state index contributed by atoms with van der Waals surface area (Å²) in [6, 6.07) is 16.8. The Morgan fingerprint density at radius 2 is 1.35 bits per heavy atom. The zero-order valence-corrected chi connectivity index (χ0v) is 21.5. The van der Waals surface area contributed by atoms with Crippen molar-refractivity contribution in [2.75, 3.05) is 56.0 Å². The average molecular weight is 504 g/mol. The van der Waals surface area contributed by atoms with Crippen molar-refractivity contribution in [2.45, 2.75) is 38.9 Å². The van der Waals surface area contributed by atoms with Gasteiger partial charge in [0.1, 0.15) is 5.75 Å². The molecule has 0 saturated carbocycles. The van der Waals surface area contributed by atoms with E-state index in [0.717, 1.165) is 37.6 Å². The minimum absolute atomic E-state index is 0.510. The van der Waals surface area contributed by atoms with Gasteiger partial charge >= 0.3 is 0 Å². The molecule has 0 amide bonds. The SMILES string of the molecule is COc1ccc(CNc2nc(NCc3ccc(CN4CCCCC4)cc3)nc(NN3CCNC3)n2)cc1. The molecule has 1 aromatic heterocycles. The molecule has 2 aromatic carbocycles. The molecule has 10 heteroatoms. The first-order chi connectivity index (χ1) is 18.2. The second kappa shape index (κ2) is 12.7. The van der Waals surface area contributed by atoms with Gasteiger partial charge in [-0.3, -0.25) is 10.3 Å². The number of rotatable bonds is 11. The third-order valence-corrected chi connectivity index (χ3v) is 6.69. The van der Waals surface area contributed by atoms with E-state index in [0.29, 0.717) is 30.9 Å². The predicted octanol–water partition coefficient (Wildman–Crippen LogP) is 3.28. The Hall–Kier alpha value is -3.47. The third-order valence-electron chi connectivity index (χ3n) is 6.69. The predicted molar refractivity (Wildman–Crippen MR) is 146 cm³/mol. The molecule has 196 valence electrons. The highest BCUT2D eigenvalue weighted by molar-refractivity contribution is 5.43. The van der Waals surface area contributed by atoms with Crippen molar-refractivity contribution in [3.05, 3.63) is 65.2 Å². The van der Waals surface area contributed by atoms with Gasteiger partial charge in [0.05, 0.1) is 13.8 Å². The van der Waals surface area contributed by atoms with Crippen molar-refractivity contribution < 1.29 is 4.74 Å². The summed E-state index contributed by atoms with van der Waals surface area (Å²) < 4.78 is 5.25. The number of hydrogen-bond donors (Lipinski definition) is 4. The summed E-state index contributed by atoms with van der Waals surface area (Å²) >= 11 is 0. The Morgan fingerprint density at radius 1 is 0.757 bits per heavy atom. The summed E-state index contributed by atoms with van der Waals surface area (Å²) in [5.74, 6) is 2.38. The Balaban J connectivity index is 1.22. The number of ether oxygens (including phenoxy) is 1. The summed E-state index contributed by atoms with van der Waals surface area (Å²) in [7, 11) is 1.67. The Morgan fingerprint density at radius 3 is 1.95 bits per heavy atom. The number of likely N-dealkylation sites (tertiary alicyclic amines) is 1. The highest BCUT2D eigenvalue weighted by Crippen LogP contribution is 2.17. The molecule has 0 unspecified atom stereocenters. The molecular weight excluding hydrogens is 466 g/mol. The Bertz CT molecular complexity index is 1110. The van der Waals surface area contributed by atoms with Crippen LogP contribution in [0.5, 0.6) is 5.75 Å². The molecular formula is C27H37N9O. The number of piperidine rings is 1. The number of hydrazine groups is 1. The fraction of sp³-hybridized carbons (Fsp3) is 0.444. The van der Waals surface area contributed by atoms with Crippen LogP contribution in [-0.2, 0) is 19.6 Å². The van der Waals surface area contributed by atoms with Crippen LogP contribution >= 0.6 is 0 Å². The molecule has 0 bridgehead atoms. The van der Waals surface area contributed by atoms with Crippen LogP contribution < -0.4 is 26.1 Å². The Labute approximate surface area is 218 Å². The zero-order chi connectivity index (χ0) is 25.3. The average Bonchev–Trinajstić information content (AvgIpc) is 3.45. The molecule has 10 nitrogen and oxygen atoms in total.